The molecule has 0 aliphatic heterocycles. The first-order chi connectivity index (χ1) is 8.93. The Labute approximate surface area is 126 Å². The van der Waals surface area contributed by atoms with Gasteiger partial charge in [-0.15, -0.1) is 0 Å². The second-order valence-corrected chi connectivity index (χ2v) is 6.66. The maximum absolute atomic E-state index is 11.2. The van der Waals surface area contributed by atoms with Gasteiger partial charge in [0.1, 0.15) is 11.6 Å². The Kier molecular flexibility index (Phi) is 6.89. The summed E-state index contributed by atoms with van der Waals surface area (Å²) in [6.45, 7) is 4.80. The molecular formula is C12H19Cl2N3OS. The number of halogens is 2. The van der Waals surface area contributed by atoms with Crippen molar-refractivity contribution in [3.8, 4) is 0 Å². The Bertz CT molecular complexity index is 457. The Hall–Kier alpha value is -0.520. The third-order valence-electron chi connectivity index (χ3n) is 2.34. The molecule has 7 heteroatoms. The van der Waals surface area contributed by atoms with Crippen molar-refractivity contribution in [3.05, 3.63) is 16.1 Å². The minimum atomic E-state index is -0.866. The minimum absolute atomic E-state index is 0.0241. The number of nitrogens with zero attached hydrogens (tertiary/aromatic N) is 1. The second kappa shape index (κ2) is 7.92. The van der Waals surface area contributed by atoms with Gasteiger partial charge in [0.05, 0.1) is 10.0 Å². The van der Waals surface area contributed by atoms with Crippen molar-refractivity contribution in [1.29, 1.82) is 0 Å². The molecule has 0 fully saturated rings. The van der Waals surface area contributed by atoms with Crippen molar-refractivity contribution in [2.45, 2.75) is 26.3 Å². The van der Waals surface area contributed by atoms with Gasteiger partial charge < -0.3 is 10.6 Å². The van der Waals surface area contributed by atoms with Gasteiger partial charge in [0, 0.05) is 35.4 Å². The van der Waals surface area contributed by atoms with Crippen LogP contribution in [0.4, 0.5) is 11.6 Å². The fourth-order valence-electron chi connectivity index (χ4n) is 1.56. The Morgan fingerprint density at radius 1 is 1.37 bits per heavy atom. The van der Waals surface area contributed by atoms with Crippen LogP contribution >= 0.6 is 23.2 Å². The van der Waals surface area contributed by atoms with Gasteiger partial charge in [-0.1, -0.05) is 30.1 Å². The summed E-state index contributed by atoms with van der Waals surface area (Å²) >= 11 is 12.2. The van der Waals surface area contributed by atoms with Crippen LogP contribution in [0, 0.1) is 0 Å². The van der Waals surface area contributed by atoms with E-state index in [0.717, 1.165) is 13.0 Å². The number of aromatic nitrogens is 1. The molecule has 1 aromatic heterocycles. The molecule has 2 atom stereocenters. The van der Waals surface area contributed by atoms with E-state index in [9.17, 15) is 4.21 Å². The summed E-state index contributed by atoms with van der Waals surface area (Å²) in [4.78, 5) is 4.37. The van der Waals surface area contributed by atoms with E-state index in [1.165, 1.54) is 0 Å². The first kappa shape index (κ1) is 16.5. The molecule has 2 unspecified atom stereocenters. The lowest BCUT2D eigenvalue weighted by Gasteiger charge is -2.16. The lowest BCUT2D eigenvalue weighted by Crippen LogP contribution is -2.23. The van der Waals surface area contributed by atoms with Crippen LogP contribution in [-0.2, 0) is 10.8 Å². The Balaban J connectivity index is 2.84. The standard InChI is InChI=1S/C12H19Cl2N3OS/c1-4-5-15-11-9(13)6-10(14)12(17-11)16-8(2)7-19(3)18/h6,8H,4-5,7H2,1-3H3,(H2,15,16,17). The number of nitrogens with one attached hydrogen (secondary N) is 2. The summed E-state index contributed by atoms with van der Waals surface area (Å²) in [5, 5.41) is 7.25. The number of anilines is 2. The fraction of sp³-hybridized carbons (Fsp3) is 0.583. The van der Waals surface area contributed by atoms with E-state index in [4.69, 9.17) is 23.2 Å². The zero-order chi connectivity index (χ0) is 14.4. The summed E-state index contributed by atoms with van der Waals surface area (Å²) in [6, 6.07) is 1.68. The van der Waals surface area contributed by atoms with Crippen molar-refractivity contribution in [2.24, 2.45) is 0 Å². The van der Waals surface area contributed by atoms with Crippen LogP contribution in [0.2, 0.25) is 10.0 Å². The van der Waals surface area contributed by atoms with E-state index in [-0.39, 0.29) is 6.04 Å². The second-order valence-electron chi connectivity index (χ2n) is 4.36. The molecule has 0 aliphatic rings. The van der Waals surface area contributed by atoms with Gasteiger partial charge in [-0.3, -0.25) is 4.21 Å². The predicted octanol–water partition coefficient (Wildman–Crippen LogP) is 3.39. The van der Waals surface area contributed by atoms with Crippen LogP contribution in [0.15, 0.2) is 6.07 Å². The Morgan fingerprint density at radius 3 is 2.58 bits per heavy atom. The lowest BCUT2D eigenvalue weighted by molar-refractivity contribution is 0.683. The molecule has 0 radical (unpaired) electrons. The van der Waals surface area contributed by atoms with E-state index in [1.54, 1.807) is 12.3 Å². The highest BCUT2D eigenvalue weighted by Crippen LogP contribution is 2.29. The molecular weight excluding hydrogens is 305 g/mol. The summed E-state index contributed by atoms with van der Waals surface area (Å²) in [6.07, 6.45) is 2.65. The zero-order valence-electron chi connectivity index (χ0n) is 11.3. The minimum Gasteiger partial charge on any atom is -0.369 e. The average molecular weight is 324 g/mol. The number of hydrogen-bond donors (Lipinski definition) is 2. The van der Waals surface area contributed by atoms with E-state index in [2.05, 4.69) is 22.5 Å². The molecule has 0 aromatic carbocycles. The highest BCUT2D eigenvalue weighted by atomic mass is 35.5. The van der Waals surface area contributed by atoms with Crippen molar-refractivity contribution < 1.29 is 4.21 Å². The third kappa shape index (κ3) is 5.55. The summed E-state index contributed by atoms with van der Waals surface area (Å²) in [7, 11) is -0.866. The average Bonchev–Trinajstić information content (AvgIpc) is 2.30. The molecule has 0 saturated carbocycles. The number of hydrogen-bond acceptors (Lipinski definition) is 4. The van der Waals surface area contributed by atoms with Crippen LogP contribution in [0.1, 0.15) is 20.3 Å². The highest BCUT2D eigenvalue weighted by Gasteiger charge is 2.12. The SMILES string of the molecule is CCCNc1nc(NC(C)CS(C)=O)c(Cl)cc1Cl. The van der Waals surface area contributed by atoms with Crippen molar-refractivity contribution >= 4 is 45.6 Å². The van der Waals surface area contributed by atoms with E-state index >= 15 is 0 Å². The number of rotatable bonds is 7. The van der Waals surface area contributed by atoms with E-state index < -0.39 is 10.8 Å². The molecule has 0 spiro atoms. The zero-order valence-corrected chi connectivity index (χ0v) is 13.6. The van der Waals surface area contributed by atoms with Gasteiger partial charge in [0.15, 0.2) is 0 Å². The van der Waals surface area contributed by atoms with Crippen molar-refractivity contribution in [3.63, 3.8) is 0 Å². The molecule has 1 aromatic rings. The lowest BCUT2D eigenvalue weighted by atomic mass is 10.3. The number of pyridine rings is 1. The maximum atomic E-state index is 11.2. The fourth-order valence-corrected chi connectivity index (χ4v) is 2.83. The van der Waals surface area contributed by atoms with E-state index in [0.29, 0.717) is 27.4 Å². The van der Waals surface area contributed by atoms with Gasteiger partial charge in [-0.2, -0.15) is 0 Å². The smallest absolute Gasteiger partial charge is 0.147 e. The van der Waals surface area contributed by atoms with Gasteiger partial charge in [-0.25, -0.2) is 4.98 Å². The van der Waals surface area contributed by atoms with Crippen LogP contribution in [0.5, 0.6) is 0 Å². The molecule has 1 rings (SSSR count). The largest absolute Gasteiger partial charge is 0.369 e. The van der Waals surface area contributed by atoms with Gasteiger partial charge in [0.2, 0.25) is 0 Å². The maximum Gasteiger partial charge on any atom is 0.147 e. The summed E-state index contributed by atoms with van der Waals surface area (Å²) < 4.78 is 11.2. The van der Waals surface area contributed by atoms with Gasteiger partial charge in [0.25, 0.3) is 0 Å². The first-order valence-electron chi connectivity index (χ1n) is 6.10. The molecule has 0 saturated heterocycles. The summed E-state index contributed by atoms with van der Waals surface area (Å²) in [5.74, 6) is 1.71. The van der Waals surface area contributed by atoms with Crippen LogP contribution in [0.25, 0.3) is 0 Å². The predicted molar refractivity (Wildman–Crippen MR) is 85.1 cm³/mol. The highest BCUT2D eigenvalue weighted by molar-refractivity contribution is 7.84. The van der Waals surface area contributed by atoms with Gasteiger partial charge in [-0.05, 0) is 19.4 Å². The van der Waals surface area contributed by atoms with Crippen LogP contribution in [0.3, 0.4) is 0 Å². The molecule has 0 aliphatic carbocycles. The molecule has 0 amide bonds. The van der Waals surface area contributed by atoms with Crippen LogP contribution < -0.4 is 10.6 Å². The first-order valence-corrected chi connectivity index (χ1v) is 8.58. The molecule has 2 N–H and O–H groups in total. The van der Waals surface area contributed by atoms with Gasteiger partial charge >= 0.3 is 0 Å². The monoisotopic (exact) mass is 323 g/mol. The topological polar surface area (TPSA) is 54.0 Å². The molecule has 19 heavy (non-hydrogen) atoms. The summed E-state index contributed by atoms with van der Waals surface area (Å²) in [5.41, 5.74) is 0. The third-order valence-corrected chi connectivity index (χ3v) is 3.89. The Morgan fingerprint density at radius 2 is 2.00 bits per heavy atom. The molecule has 1 heterocycles. The normalized spacial score (nSPS) is 13.9. The van der Waals surface area contributed by atoms with Crippen LogP contribution in [-0.4, -0.2) is 33.8 Å². The molecule has 108 valence electrons. The van der Waals surface area contributed by atoms with E-state index in [1.807, 2.05) is 6.92 Å². The molecule has 4 nitrogen and oxygen atoms in total. The quantitative estimate of drug-likeness (QED) is 0.807. The van der Waals surface area contributed by atoms with Crippen molar-refractivity contribution in [1.82, 2.24) is 4.98 Å². The van der Waals surface area contributed by atoms with Crippen molar-refractivity contribution in [2.75, 3.05) is 29.2 Å². The molecule has 0 bridgehead atoms.